The number of H-pyrrole nitrogens is 1. The van der Waals surface area contributed by atoms with E-state index in [2.05, 4.69) is 39.9 Å². The Labute approximate surface area is 214 Å². The van der Waals surface area contributed by atoms with E-state index in [0.717, 1.165) is 39.2 Å². The molecule has 0 aromatic carbocycles. The van der Waals surface area contributed by atoms with Crippen molar-refractivity contribution in [3.05, 3.63) is 40.7 Å². The number of aromatic nitrogens is 4. The maximum Gasteiger partial charge on any atom is 0.264 e. The summed E-state index contributed by atoms with van der Waals surface area (Å²) in [6.07, 6.45) is 6.85. The number of carbonyl (C=O) groups is 1. The highest BCUT2D eigenvalue weighted by Gasteiger charge is 2.38. The summed E-state index contributed by atoms with van der Waals surface area (Å²) in [5.41, 5.74) is 6.13. The van der Waals surface area contributed by atoms with Gasteiger partial charge in [0.2, 0.25) is 0 Å². The minimum atomic E-state index is -1.01. The topological polar surface area (TPSA) is 69.5 Å². The molecular weight excluding hydrogens is 475 g/mol. The summed E-state index contributed by atoms with van der Waals surface area (Å²) in [5, 5.41) is 4.32. The maximum atomic E-state index is 15.2. The Morgan fingerprint density at radius 3 is 2.78 bits per heavy atom. The van der Waals surface area contributed by atoms with Crippen LogP contribution in [-0.4, -0.2) is 73.7 Å². The lowest BCUT2D eigenvalue weighted by Crippen LogP contribution is -2.56. The number of piperidine rings is 1. The van der Waals surface area contributed by atoms with E-state index in [9.17, 15) is 4.79 Å². The fourth-order valence-electron chi connectivity index (χ4n) is 5.87. The quantitative estimate of drug-likeness (QED) is 0.392. The number of aromatic amines is 1. The third-order valence-corrected chi connectivity index (χ3v) is 9.25. The number of rotatable bonds is 5. The van der Waals surface area contributed by atoms with Crippen molar-refractivity contribution in [1.82, 2.24) is 29.4 Å². The number of hydrogen-bond donors (Lipinski definition) is 1. The average molecular weight is 509 g/mol. The van der Waals surface area contributed by atoms with Gasteiger partial charge in [-0.15, -0.1) is 11.3 Å². The van der Waals surface area contributed by atoms with Crippen molar-refractivity contribution in [3.63, 3.8) is 0 Å². The zero-order chi connectivity index (χ0) is 25.1. The number of likely N-dealkylation sites (tertiary alicyclic amines) is 1. The monoisotopic (exact) mass is 508 g/mol. The Balaban J connectivity index is 1.28. The normalized spacial score (nSPS) is 21.5. The van der Waals surface area contributed by atoms with Crippen LogP contribution in [0.25, 0.3) is 27.1 Å². The van der Waals surface area contributed by atoms with Crippen LogP contribution in [0, 0.1) is 6.92 Å². The van der Waals surface area contributed by atoms with Gasteiger partial charge in [-0.25, -0.2) is 13.9 Å². The van der Waals surface area contributed by atoms with Crippen molar-refractivity contribution in [2.75, 3.05) is 20.1 Å². The van der Waals surface area contributed by atoms with Crippen molar-refractivity contribution < 1.29 is 9.18 Å². The van der Waals surface area contributed by atoms with E-state index in [1.54, 1.807) is 22.8 Å². The van der Waals surface area contributed by atoms with Gasteiger partial charge in [-0.1, -0.05) is 20.3 Å². The molecule has 0 bridgehead atoms. The maximum absolute atomic E-state index is 15.2. The molecule has 6 rings (SSSR count). The Bertz CT molecular complexity index is 1430. The summed E-state index contributed by atoms with van der Waals surface area (Å²) in [5.74, 6) is 0.163. The molecule has 190 valence electrons. The molecule has 7 nitrogen and oxygen atoms in total. The molecule has 0 radical (unpaired) electrons. The zero-order valence-corrected chi connectivity index (χ0v) is 22.1. The Kier molecular flexibility index (Phi) is 5.87. The first-order valence-corrected chi connectivity index (χ1v) is 13.7. The largest absolute Gasteiger partial charge is 0.354 e. The Morgan fingerprint density at radius 2 is 2.08 bits per heavy atom. The fourth-order valence-corrected chi connectivity index (χ4v) is 7.17. The van der Waals surface area contributed by atoms with Crippen LogP contribution in [0.2, 0.25) is 0 Å². The highest BCUT2D eigenvalue weighted by Crippen LogP contribution is 2.40. The third kappa shape index (κ3) is 3.84. The van der Waals surface area contributed by atoms with E-state index >= 15 is 4.39 Å². The number of aryl methyl sites for hydroxylation is 1. The van der Waals surface area contributed by atoms with E-state index in [1.807, 2.05) is 19.2 Å². The summed E-state index contributed by atoms with van der Waals surface area (Å²) >= 11 is 1.51. The van der Waals surface area contributed by atoms with Crippen LogP contribution in [0.4, 0.5) is 4.39 Å². The molecule has 1 amide bonds. The second kappa shape index (κ2) is 8.95. The molecule has 0 unspecified atom stereocenters. The number of halogens is 1. The Hall–Kier alpha value is -2.78. The molecular formula is C27H33FN6OS. The van der Waals surface area contributed by atoms with Gasteiger partial charge < -0.3 is 9.88 Å². The molecule has 5 heterocycles. The second-order valence-electron chi connectivity index (χ2n) is 10.7. The van der Waals surface area contributed by atoms with Gasteiger partial charge in [0.05, 0.1) is 26.8 Å². The predicted octanol–water partition coefficient (Wildman–Crippen LogP) is 5.41. The van der Waals surface area contributed by atoms with Gasteiger partial charge >= 0.3 is 0 Å². The number of fused-ring (bicyclic) bond motifs is 2. The molecule has 1 aliphatic carbocycles. The van der Waals surface area contributed by atoms with Gasteiger partial charge in [0.25, 0.3) is 5.91 Å². The van der Waals surface area contributed by atoms with Crippen molar-refractivity contribution in [1.29, 1.82) is 0 Å². The van der Waals surface area contributed by atoms with Crippen molar-refractivity contribution in [3.8, 4) is 11.3 Å². The lowest BCUT2D eigenvalue weighted by Gasteiger charge is -2.45. The molecule has 4 aromatic rings. The Morgan fingerprint density at radius 1 is 1.28 bits per heavy atom. The molecule has 1 aliphatic heterocycles. The van der Waals surface area contributed by atoms with Crippen LogP contribution in [-0.2, 0) is 0 Å². The predicted molar refractivity (Wildman–Crippen MR) is 142 cm³/mol. The van der Waals surface area contributed by atoms with Gasteiger partial charge in [-0.2, -0.15) is 5.10 Å². The lowest BCUT2D eigenvalue weighted by atomic mass is 9.89. The minimum absolute atomic E-state index is 0.0921. The number of thiophene rings is 1. The second-order valence-corrected chi connectivity index (χ2v) is 11.8. The van der Waals surface area contributed by atoms with E-state index in [0.29, 0.717) is 23.9 Å². The van der Waals surface area contributed by atoms with E-state index in [-0.39, 0.29) is 17.9 Å². The van der Waals surface area contributed by atoms with Gasteiger partial charge in [0.15, 0.2) is 5.65 Å². The third-order valence-electron chi connectivity index (χ3n) is 8.09. The van der Waals surface area contributed by atoms with Crippen LogP contribution in [0.3, 0.4) is 0 Å². The van der Waals surface area contributed by atoms with Crippen molar-refractivity contribution in [2.45, 2.75) is 70.6 Å². The van der Waals surface area contributed by atoms with E-state index in [4.69, 9.17) is 0 Å². The van der Waals surface area contributed by atoms with Crippen molar-refractivity contribution in [2.24, 2.45) is 0 Å². The first-order chi connectivity index (χ1) is 17.3. The molecule has 9 heteroatoms. The first-order valence-electron chi connectivity index (χ1n) is 12.9. The summed E-state index contributed by atoms with van der Waals surface area (Å²) < 4.78 is 18.1. The number of hydrogen-bond acceptors (Lipinski definition) is 5. The van der Waals surface area contributed by atoms with Crippen LogP contribution in [0.1, 0.15) is 66.2 Å². The van der Waals surface area contributed by atoms with E-state index in [1.165, 1.54) is 36.2 Å². The van der Waals surface area contributed by atoms with Gasteiger partial charge in [0.1, 0.15) is 12.5 Å². The number of pyridine rings is 1. The van der Waals surface area contributed by atoms with Gasteiger partial charge in [-0.05, 0) is 55.4 Å². The van der Waals surface area contributed by atoms with Crippen LogP contribution >= 0.6 is 11.3 Å². The summed E-state index contributed by atoms with van der Waals surface area (Å²) in [4.78, 5) is 25.9. The summed E-state index contributed by atoms with van der Waals surface area (Å²) in [6.45, 7) is 7.69. The average Bonchev–Trinajstić information content (AvgIpc) is 3.51. The molecule has 2 aliphatic rings. The summed E-state index contributed by atoms with van der Waals surface area (Å²) in [7, 11) is 1.76. The minimum Gasteiger partial charge on any atom is -0.354 e. The number of nitrogens with zero attached hydrogens (tertiary/aromatic N) is 5. The fraction of sp³-hybridized carbons (Fsp3) is 0.519. The summed E-state index contributed by atoms with van der Waals surface area (Å²) in [6, 6.07) is 4.24. The van der Waals surface area contributed by atoms with Gasteiger partial charge in [-0.3, -0.25) is 9.69 Å². The molecule has 36 heavy (non-hydrogen) atoms. The number of amides is 1. The molecule has 0 spiro atoms. The number of alkyl halides is 1. The zero-order valence-electron chi connectivity index (χ0n) is 21.3. The SMILES string of the molecule is Cc1cc(-c2[nH]c3cc(C(=O)N(C)[C@@H]4CCN(C5CCC5)C[C@@H]4F)sc3c2C(C)C)cn2ncnc12. The van der Waals surface area contributed by atoms with Crippen molar-refractivity contribution >= 4 is 33.1 Å². The molecule has 4 aromatic heterocycles. The smallest absolute Gasteiger partial charge is 0.264 e. The molecule has 1 saturated heterocycles. The molecule has 2 fully saturated rings. The number of nitrogens with one attached hydrogen (secondary N) is 1. The standard InChI is InChI=1S/C27H33FN6OS/c1-15(2)23-24(17-10-16(3)26-29-14-30-34(26)12-17)31-20-11-22(36-25(20)23)27(35)32(4)21-8-9-33(13-19(21)28)18-6-5-7-18/h10-12,14-15,18-19,21,31H,5-9,13H2,1-4H3/t19-,21+/m0/s1. The molecule has 1 N–H and O–H groups in total. The van der Waals surface area contributed by atoms with Crippen LogP contribution in [0.5, 0.6) is 0 Å². The molecule has 2 atom stereocenters. The lowest BCUT2D eigenvalue weighted by molar-refractivity contribution is 0.00977. The highest BCUT2D eigenvalue weighted by molar-refractivity contribution is 7.21. The first kappa shape index (κ1) is 23.6. The number of carbonyl (C=O) groups excluding carboxylic acids is 1. The van der Waals surface area contributed by atoms with E-state index < -0.39 is 6.17 Å². The van der Waals surface area contributed by atoms with Gasteiger partial charge in [0, 0.05) is 37.9 Å². The van der Waals surface area contributed by atoms with Crippen LogP contribution in [0.15, 0.2) is 24.7 Å². The van der Waals surface area contributed by atoms with Crippen LogP contribution < -0.4 is 0 Å². The molecule has 1 saturated carbocycles. The highest BCUT2D eigenvalue weighted by atomic mass is 32.1.